The summed E-state index contributed by atoms with van der Waals surface area (Å²) in [7, 11) is 0. The van der Waals surface area contributed by atoms with Crippen LogP contribution in [0.4, 0.5) is 4.39 Å². The van der Waals surface area contributed by atoms with E-state index in [9.17, 15) is 4.39 Å². The Bertz CT molecular complexity index is 549. The monoisotopic (exact) mass is 250 g/mol. The third kappa shape index (κ3) is 1.90. The molecule has 1 aliphatic heterocycles. The summed E-state index contributed by atoms with van der Waals surface area (Å²) >= 11 is 0. The molecule has 1 fully saturated rings. The summed E-state index contributed by atoms with van der Waals surface area (Å²) in [5, 5.41) is 0.754. The van der Waals surface area contributed by atoms with Crippen molar-refractivity contribution in [1.29, 1.82) is 0 Å². The second-order valence-electron chi connectivity index (χ2n) is 4.57. The molecule has 2 atom stereocenters. The van der Waals surface area contributed by atoms with Crippen molar-refractivity contribution in [1.82, 2.24) is 5.43 Å². The summed E-state index contributed by atoms with van der Waals surface area (Å²) in [5.41, 5.74) is 3.03. The summed E-state index contributed by atoms with van der Waals surface area (Å²) in [6, 6.07) is 6.57. The molecule has 1 aromatic carbocycles. The van der Waals surface area contributed by atoms with Crippen LogP contribution in [0.5, 0.6) is 0 Å². The van der Waals surface area contributed by atoms with Gasteiger partial charge in [-0.2, -0.15) is 0 Å². The van der Waals surface area contributed by atoms with Gasteiger partial charge >= 0.3 is 0 Å². The molecule has 0 aliphatic carbocycles. The fraction of sp³-hybridized carbons (Fsp3) is 0.385. The Morgan fingerprint density at radius 2 is 2.33 bits per heavy atom. The van der Waals surface area contributed by atoms with Crippen LogP contribution >= 0.6 is 0 Å². The van der Waals surface area contributed by atoms with Crippen LogP contribution in [0.25, 0.3) is 11.0 Å². The summed E-state index contributed by atoms with van der Waals surface area (Å²) in [6.07, 6.45) is 0.925. The lowest BCUT2D eigenvalue weighted by molar-refractivity contribution is 0.173. The maximum Gasteiger partial charge on any atom is 0.169 e. The molecule has 4 nitrogen and oxygen atoms in total. The normalized spacial score (nSPS) is 21.6. The maximum atomic E-state index is 13.6. The highest BCUT2D eigenvalue weighted by Crippen LogP contribution is 2.32. The number of halogens is 1. The number of nitrogens with two attached hydrogens (primary N) is 1. The van der Waals surface area contributed by atoms with Crippen molar-refractivity contribution in [3.05, 3.63) is 35.8 Å². The molecule has 3 N–H and O–H groups in total. The van der Waals surface area contributed by atoms with Crippen LogP contribution in [-0.4, -0.2) is 13.2 Å². The topological polar surface area (TPSA) is 60.4 Å². The van der Waals surface area contributed by atoms with Crippen LogP contribution in [-0.2, 0) is 4.74 Å². The van der Waals surface area contributed by atoms with Crippen molar-refractivity contribution in [2.75, 3.05) is 13.2 Å². The largest absolute Gasteiger partial charge is 0.456 e. The number of para-hydroxylation sites is 1. The molecule has 0 radical (unpaired) electrons. The molecule has 1 aliphatic rings. The van der Waals surface area contributed by atoms with Crippen molar-refractivity contribution >= 4 is 11.0 Å². The fourth-order valence-corrected chi connectivity index (χ4v) is 2.47. The zero-order chi connectivity index (χ0) is 12.5. The van der Waals surface area contributed by atoms with Gasteiger partial charge in [0.1, 0.15) is 5.76 Å². The smallest absolute Gasteiger partial charge is 0.169 e. The molecule has 5 heteroatoms. The van der Waals surface area contributed by atoms with Crippen molar-refractivity contribution < 1.29 is 13.5 Å². The van der Waals surface area contributed by atoms with E-state index in [1.54, 1.807) is 6.07 Å². The van der Waals surface area contributed by atoms with Gasteiger partial charge in [0.2, 0.25) is 0 Å². The van der Waals surface area contributed by atoms with Gasteiger partial charge in [-0.15, -0.1) is 0 Å². The van der Waals surface area contributed by atoms with Crippen LogP contribution in [0.15, 0.2) is 28.7 Å². The van der Waals surface area contributed by atoms with Gasteiger partial charge in [0.15, 0.2) is 11.4 Å². The highest BCUT2D eigenvalue weighted by Gasteiger charge is 2.29. The Kier molecular flexibility index (Phi) is 3.03. The van der Waals surface area contributed by atoms with Gasteiger partial charge in [-0.3, -0.25) is 5.84 Å². The van der Waals surface area contributed by atoms with E-state index in [1.165, 1.54) is 6.07 Å². The van der Waals surface area contributed by atoms with Crippen LogP contribution in [0.3, 0.4) is 0 Å². The van der Waals surface area contributed by atoms with Gasteiger partial charge in [-0.1, -0.05) is 12.1 Å². The first-order chi connectivity index (χ1) is 8.79. The third-order valence-electron chi connectivity index (χ3n) is 3.44. The molecular weight excluding hydrogens is 235 g/mol. The summed E-state index contributed by atoms with van der Waals surface area (Å²) < 4.78 is 24.5. The van der Waals surface area contributed by atoms with Crippen molar-refractivity contribution in [3.63, 3.8) is 0 Å². The van der Waals surface area contributed by atoms with E-state index in [4.69, 9.17) is 15.0 Å². The zero-order valence-electron chi connectivity index (χ0n) is 9.86. The van der Waals surface area contributed by atoms with Crippen LogP contribution in [0, 0.1) is 11.7 Å². The molecule has 18 heavy (non-hydrogen) atoms. The molecule has 0 bridgehead atoms. The second kappa shape index (κ2) is 4.68. The molecule has 0 amide bonds. The lowest BCUT2D eigenvalue weighted by Crippen LogP contribution is -2.33. The first-order valence-corrected chi connectivity index (χ1v) is 6.01. The number of hydrogen-bond acceptors (Lipinski definition) is 4. The van der Waals surface area contributed by atoms with E-state index in [0.29, 0.717) is 12.4 Å². The van der Waals surface area contributed by atoms with Crippen molar-refractivity contribution in [2.45, 2.75) is 12.5 Å². The maximum absolute atomic E-state index is 13.6. The van der Waals surface area contributed by atoms with Gasteiger partial charge in [-0.05, 0) is 18.6 Å². The van der Waals surface area contributed by atoms with Gasteiger partial charge < -0.3 is 9.15 Å². The van der Waals surface area contributed by atoms with E-state index in [1.807, 2.05) is 12.1 Å². The Morgan fingerprint density at radius 3 is 3.00 bits per heavy atom. The van der Waals surface area contributed by atoms with Gasteiger partial charge in [0.05, 0.1) is 12.6 Å². The number of rotatable bonds is 3. The molecule has 0 spiro atoms. The lowest BCUT2D eigenvalue weighted by atomic mass is 9.97. The minimum absolute atomic E-state index is 0.140. The lowest BCUT2D eigenvalue weighted by Gasteiger charge is -2.18. The SMILES string of the molecule is NNC(c1cc2cccc(F)c2o1)C1CCOC1. The Labute approximate surface area is 104 Å². The number of hydrazine groups is 1. The minimum Gasteiger partial charge on any atom is -0.456 e. The van der Waals surface area contributed by atoms with Gasteiger partial charge in [0, 0.05) is 17.9 Å². The quantitative estimate of drug-likeness (QED) is 0.647. The van der Waals surface area contributed by atoms with Crippen LogP contribution in [0.2, 0.25) is 0 Å². The molecule has 1 aromatic heterocycles. The standard InChI is InChI=1S/C13H15FN2O2/c14-10-3-1-2-8-6-11(18-13(8)10)12(16-15)9-4-5-17-7-9/h1-3,6,9,12,16H,4-5,7,15H2. The molecule has 3 rings (SSSR count). The average molecular weight is 250 g/mol. The molecule has 2 aromatic rings. The molecule has 96 valence electrons. The summed E-state index contributed by atoms with van der Waals surface area (Å²) in [5.74, 6) is 6.16. The van der Waals surface area contributed by atoms with Crippen LogP contribution < -0.4 is 11.3 Å². The van der Waals surface area contributed by atoms with Gasteiger partial charge in [-0.25, -0.2) is 9.82 Å². The van der Waals surface area contributed by atoms with E-state index < -0.39 is 0 Å². The number of nitrogens with one attached hydrogen (secondary N) is 1. The van der Waals surface area contributed by atoms with Crippen molar-refractivity contribution in [2.24, 2.45) is 11.8 Å². The third-order valence-corrected chi connectivity index (χ3v) is 3.44. The number of hydrogen-bond donors (Lipinski definition) is 2. The number of ether oxygens (including phenoxy) is 1. The highest BCUT2D eigenvalue weighted by atomic mass is 19.1. The van der Waals surface area contributed by atoms with E-state index in [-0.39, 0.29) is 23.4 Å². The predicted octanol–water partition coefficient (Wildman–Crippen LogP) is 2.11. The van der Waals surface area contributed by atoms with Crippen LogP contribution in [0.1, 0.15) is 18.2 Å². The summed E-state index contributed by atoms with van der Waals surface area (Å²) in [4.78, 5) is 0. The predicted molar refractivity (Wildman–Crippen MR) is 65.2 cm³/mol. The fourth-order valence-electron chi connectivity index (χ4n) is 2.47. The van der Waals surface area contributed by atoms with Gasteiger partial charge in [0.25, 0.3) is 0 Å². The molecule has 2 heterocycles. The highest BCUT2D eigenvalue weighted by molar-refractivity contribution is 5.78. The Morgan fingerprint density at radius 1 is 1.44 bits per heavy atom. The number of benzene rings is 1. The molecule has 2 unspecified atom stereocenters. The average Bonchev–Trinajstić information content (AvgIpc) is 3.00. The van der Waals surface area contributed by atoms with E-state index in [0.717, 1.165) is 18.4 Å². The first-order valence-electron chi connectivity index (χ1n) is 6.01. The summed E-state index contributed by atoms with van der Waals surface area (Å²) in [6.45, 7) is 1.38. The zero-order valence-corrected chi connectivity index (χ0v) is 9.86. The van der Waals surface area contributed by atoms with Crippen molar-refractivity contribution in [3.8, 4) is 0 Å². The van der Waals surface area contributed by atoms with E-state index in [2.05, 4.69) is 5.43 Å². The first kappa shape index (κ1) is 11.6. The van der Waals surface area contributed by atoms with E-state index >= 15 is 0 Å². The number of furan rings is 1. The molecular formula is C13H15FN2O2. The molecule has 0 saturated carbocycles. The number of fused-ring (bicyclic) bond motifs is 1. The minimum atomic E-state index is -0.350. The Balaban J connectivity index is 1.99. The second-order valence-corrected chi connectivity index (χ2v) is 4.57. The molecule has 1 saturated heterocycles. The Hall–Kier alpha value is -1.43.